The van der Waals surface area contributed by atoms with E-state index in [1.807, 2.05) is 36.4 Å². The zero-order valence-corrected chi connectivity index (χ0v) is 7.51. The molecule has 0 spiro atoms. The third kappa shape index (κ3) is 36.0. The predicted octanol–water partition coefficient (Wildman–Crippen LogP) is 2.56. The molecule has 0 aromatic heterocycles. The first kappa shape index (κ1) is 29.7. The molecule has 82 valence electrons. The minimum Gasteiger partial charge on any atom is -0.388 e. The summed E-state index contributed by atoms with van der Waals surface area (Å²) in [4.78, 5) is 0. The van der Waals surface area contributed by atoms with Crippen LogP contribution < -0.4 is 0 Å². The molecule has 0 aliphatic carbocycles. The van der Waals surface area contributed by atoms with Crippen LogP contribution in [0.1, 0.15) is 0 Å². The molecule has 0 N–H and O–H groups in total. The average molecular weight is 204 g/mol. The monoisotopic (exact) mass is 204 g/mol. The van der Waals surface area contributed by atoms with E-state index in [1.165, 1.54) is 0 Å². The predicted molar refractivity (Wildman–Crippen MR) is 49.4 cm³/mol. The van der Waals surface area contributed by atoms with Gasteiger partial charge in [0.2, 0.25) is 0 Å². The molecule has 1 aromatic rings. The van der Waals surface area contributed by atoms with E-state index < -0.39 is 0 Å². The Morgan fingerprint density at radius 3 is 0.692 bits per heavy atom. The molecule has 13 heavy (non-hydrogen) atoms. The van der Waals surface area contributed by atoms with Crippen molar-refractivity contribution in [2.75, 3.05) is 14.2 Å². The molecule has 0 heterocycles. The first-order valence-electron chi connectivity index (χ1n) is 2.82. The number of rotatable bonds is 0. The summed E-state index contributed by atoms with van der Waals surface area (Å²) >= 11 is 0. The van der Waals surface area contributed by atoms with Crippen LogP contribution >= 0.6 is 0 Å². The summed E-state index contributed by atoms with van der Waals surface area (Å²) in [5.74, 6) is 0. The Bertz CT molecular complexity index is 99.0. The lowest BCUT2D eigenvalue weighted by Crippen LogP contribution is -1.55. The molecule has 0 fully saturated rings. The number of benzene rings is 1. The van der Waals surface area contributed by atoms with Crippen LogP contribution in [-0.2, 0) is 4.74 Å². The lowest BCUT2D eigenvalue weighted by Gasteiger charge is -1.69. The van der Waals surface area contributed by atoms with E-state index in [9.17, 15) is 0 Å². The van der Waals surface area contributed by atoms with E-state index in [2.05, 4.69) is 4.74 Å². The standard InChI is InChI=1S/C6H6.C2H6O.4FH/c1-2-4-6-5-3-1;1-3-2;;;;/h1-6H;1-2H3;4*1H. The molecule has 1 nitrogen and oxygen atoms in total. The van der Waals surface area contributed by atoms with E-state index in [-0.39, 0.29) is 18.8 Å². The highest BCUT2D eigenvalue weighted by Crippen LogP contribution is 1.79. The van der Waals surface area contributed by atoms with Gasteiger partial charge in [0.05, 0.1) is 0 Å². The fourth-order valence-electron chi connectivity index (χ4n) is 0.385. The van der Waals surface area contributed by atoms with E-state index in [0.717, 1.165) is 0 Å². The van der Waals surface area contributed by atoms with Crippen molar-refractivity contribution in [2.45, 2.75) is 0 Å². The number of hydrogen-bond acceptors (Lipinski definition) is 1. The Hall–Kier alpha value is -1.10. The molecule has 0 atom stereocenters. The van der Waals surface area contributed by atoms with Gasteiger partial charge in [-0.1, -0.05) is 36.4 Å². The summed E-state index contributed by atoms with van der Waals surface area (Å²) in [5.41, 5.74) is 0. The van der Waals surface area contributed by atoms with Crippen LogP contribution in [0.3, 0.4) is 0 Å². The molecule has 0 aliphatic heterocycles. The SMILES string of the molecule is COC.F.F.F.F.c1ccccc1. The molecule has 0 aliphatic rings. The average Bonchev–Trinajstić information content (AvgIpc) is 1.93. The lowest BCUT2D eigenvalue weighted by atomic mass is 10.4. The maximum atomic E-state index is 4.25. The minimum atomic E-state index is 0. The molecule has 1 aromatic carbocycles. The highest BCUT2D eigenvalue weighted by atomic mass is 19.0. The van der Waals surface area contributed by atoms with E-state index >= 15 is 0 Å². The smallest absolute Gasteiger partial charge is 0.0351 e. The molecule has 0 saturated heterocycles. The molecule has 0 unspecified atom stereocenters. The summed E-state index contributed by atoms with van der Waals surface area (Å²) in [6.07, 6.45) is 0. The van der Waals surface area contributed by atoms with Crippen LogP contribution in [-0.4, -0.2) is 14.2 Å². The van der Waals surface area contributed by atoms with Gasteiger partial charge in [0.15, 0.2) is 0 Å². The summed E-state index contributed by atoms with van der Waals surface area (Å²) in [6, 6.07) is 12.0. The molecular formula is C8H16F4O. The highest BCUT2D eigenvalue weighted by molar-refractivity contribution is 4.99. The van der Waals surface area contributed by atoms with E-state index in [0.29, 0.717) is 0 Å². The lowest BCUT2D eigenvalue weighted by molar-refractivity contribution is 0.277. The van der Waals surface area contributed by atoms with Gasteiger partial charge in [-0.3, -0.25) is 18.8 Å². The molecule has 0 radical (unpaired) electrons. The summed E-state index contributed by atoms with van der Waals surface area (Å²) in [6.45, 7) is 0. The summed E-state index contributed by atoms with van der Waals surface area (Å²) in [5, 5.41) is 0. The van der Waals surface area contributed by atoms with Crippen LogP contribution in [0.4, 0.5) is 18.8 Å². The van der Waals surface area contributed by atoms with Crippen LogP contribution in [0, 0.1) is 0 Å². The first-order chi connectivity index (χ1) is 4.41. The van der Waals surface area contributed by atoms with Crippen LogP contribution in [0.15, 0.2) is 36.4 Å². The van der Waals surface area contributed by atoms with Gasteiger partial charge in [-0.2, -0.15) is 0 Å². The first-order valence-corrected chi connectivity index (χ1v) is 2.82. The van der Waals surface area contributed by atoms with Crippen molar-refractivity contribution < 1.29 is 23.6 Å². The zero-order chi connectivity index (χ0) is 6.95. The second-order valence-corrected chi connectivity index (χ2v) is 1.56. The second kappa shape index (κ2) is 30.7. The molecule has 1 rings (SSSR count). The van der Waals surface area contributed by atoms with Crippen LogP contribution in [0.2, 0.25) is 0 Å². The Morgan fingerprint density at radius 1 is 0.538 bits per heavy atom. The van der Waals surface area contributed by atoms with Gasteiger partial charge >= 0.3 is 0 Å². The van der Waals surface area contributed by atoms with Gasteiger partial charge < -0.3 is 4.74 Å². The normalized spacial score (nSPS) is 5.08. The molecule has 0 saturated carbocycles. The maximum Gasteiger partial charge on any atom is 0.0351 e. The largest absolute Gasteiger partial charge is 0.388 e. The van der Waals surface area contributed by atoms with Gasteiger partial charge in [0.1, 0.15) is 0 Å². The highest BCUT2D eigenvalue weighted by Gasteiger charge is 1.57. The Kier molecular flexibility index (Phi) is 70.1. The van der Waals surface area contributed by atoms with Crippen molar-refractivity contribution in [3.8, 4) is 0 Å². The van der Waals surface area contributed by atoms with Crippen molar-refractivity contribution in [1.29, 1.82) is 0 Å². The number of ether oxygens (including phenoxy) is 1. The molecule has 0 amide bonds. The fourth-order valence-corrected chi connectivity index (χ4v) is 0.385. The van der Waals surface area contributed by atoms with Gasteiger partial charge in [-0.15, -0.1) is 0 Å². The van der Waals surface area contributed by atoms with Crippen molar-refractivity contribution in [1.82, 2.24) is 0 Å². The third-order valence-electron chi connectivity index (χ3n) is 0.667. The quantitative estimate of drug-likeness (QED) is 0.590. The zero-order valence-electron chi connectivity index (χ0n) is 7.51. The molecular weight excluding hydrogens is 188 g/mol. The number of halogens is 4. The van der Waals surface area contributed by atoms with Crippen molar-refractivity contribution in [2.24, 2.45) is 0 Å². The summed E-state index contributed by atoms with van der Waals surface area (Å²) < 4.78 is 4.25. The van der Waals surface area contributed by atoms with Crippen molar-refractivity contribution in [3.63, 3.8) is 0 Å². The summed E-state index contributed by atoms with van der Waals surface area (Å²) in [7, 11) is 3.25. The molecule has 5 heteroatoms. The van der Waals surface area contributed by atoms with Crippen LogP contribution in [0.25, 0.3) is 0 Å². The van der Waals surface area contributed by atoms with Gasteiger partial charge in [-0.05, 0) is 0 Å². The Balaban J connectivity index is -0.0000000282. The fraction of sp³-hybridized carbons (Fsp3) is 0.250. The van der Waals surface area contributed by atoms with Gasteiger partial charge in [0, 0.05) is 14.2 Å². The molecule has 0 bridgehead atoms. The topological polar surface area (TPSA) is 9.23 Å². The third-order valence-corrected chi connectivity index (χ3v) is 0.667. The maximum absolute atomic E-state index is 4.25. The van der Waals surface area contributed by atoms with Crippen LogP contribution in [0.5, 0.6) is 0 Å². The van der Waals surface area contributed by atoms with Crippen molar-refractivity contribution in [3.05, 3.63) is 36.4 Å². The van der Waals surface area contributed by atoms with E-state index in [1.54, 1.807) is 14.2 Å². The number of methoxy groups -OCH3 is 1. The van der Waals surface area contributed by atoms with E-state index in [4.69, 9.17) is 0 Å². The van der Waals surface area contributed by atoms with Gasteiger partial charge in [-0.25, -0.2) is 0 Å². The minimum absolute atomic E-state index is 0. The Morgan fingerprint density at radius 2 is 0.615 bits per heavy atom. The number of hydrogen-bond donors (Lipinski definition) is 0. The second-order valence-electron chi connectivity index (χ2n) is 1.56. The Labute approximate surface area is 75.2 Å². The van der Waals surface area contributed by atoms with Crippen molar-refractivity contribution >= 4 is 0 Å². The van der Waals surface area contributed by atoms with Gasteiger partial charge in [0.25, 0.3) is 0 Å².